The molecule has 0 saturated heterocycles. The third kappa shape index (κ3) is 3.13. The van der Waals surface area contributed by atoms with E-state index in [1.54, 1.807) is 42.0 Å². The Kier molecular flexibility index (Phi) is 4.61. The molecule has 0 aliphatic heterocycles. The topological polar surface area (TPSA) is 59.2 Å². The summed E-state index contributed by atoms with van der Waals surface area (Å²) in [6.07, 6.45) is 3.57. The smallest absolute Gasteiger partial charge is 0.272 e. The van der Waals surface area contributed by atoms with E-state index in [1.165, 1.54) is 0 Å². The Labute approximate surface area is 100 Å². The van der Waals surface area contributed by atoms with Crippen LogP contribution in [0.2, 0.25) is 0 Å². The van der Waals surface area contributed by atoms with Crippen molar-refractivity contribution >= 4 is 23.4 Å². The number of aromatic nitrogens is 1. The van der Waals surface area contributed by atoms with Gasteiger partial charge in [0.05, 0.1) is 0 Å². The van der Waals surface area contributed by atoms with Crippen LogP contribution in [0.4, 0.5) is 5.69 Å². The highest BCUT2D eigenvalue weighted by Crippen LogP contribution is 2.10. The number of thioether (sulfide) groups is 1. The average Bonchev–Trinajstić information content (AvgIpc) is 2.27. The summed E-state index contributed by atoms with van der Waals surface area (Å²) in [4.78, 5) is 17.7. The Morgan fingerprint density at radius 2 is 2.38 bits per heavy atom. The van der Waals surface area contributed by atoms with Crippen molar-refractivity contribution in [3.05, 3.63) is 24.0 Å². The first-order chi connectivity index (χ1) is 7.56. The van der Waals surface area contributed by atoms with Crippen LogP contribution in [-0.2, 0) is 0 Å². The second kappa shape index (κ2) is 5.75. The van der Waals surface area contributed by atoms with Crippen LogP contribution in [-0.4, -0.2) is 40.9 Å². The minimum Gasteiger partial charge on any atom is -0.399 e. The molecule has 1 atom stereocenters. The molecule has 1 rings (SSSR count). The summed E-state index contributed by atoms with van der Waals surface area (Å²) >= 11 is 1.71. The molecule has 0 aromatic carbocycles. The van der Waals surface area contributed by atoms with Crippen molar-refractivity contribution in [2.75, 3.05) is 24.8 Å². The number of carbonyl (C=O) groups is 1. The van der Waals surface area contributed by atoms with Crippen LogP contribution in [0.5, 0.6) is 0 Å². The fraction of sp³-hybridized carbons (Fsp3) is 0.455. The van der Waals surface area contributed by atoms with Gasteiger partial charge in [-0.3, -0.25) is 9.78 Å². The molecule has 1 aromatic rings. The largest absolute Gasteiger partial charge is 0.399 e. The SMILES string of the molecule is CSCC(C)N(C)C(=O)c1cc(N)ccn1. The quantitative estimate of drug-likeness (QED) is 0.864. The Morgan fingerprint density at radius 3 is 2.94 bits per heavy atom. The van der Waals surface area contributed by atoms with Crippen molar-refractivity contribution in [3.63, 3.8) is 0 Å². The van der Waals surface area contributed by atoms with Gasteiger partial charge < -0.3 is 10.6 Å². The average molecular weight is 239 g/mol. The predicted octanol–water partition coefficient (Wildman–Crippen LogP) is 1.49. The molecule has 4 nitrogen and oxygen atoms in total. The number of hydrogen-bond acceptors (Lipinski definition) is 4. The van der Waals surface area contributed by atoms with Crippen molar-refractivity contribution in [1.82, 2.24) is 9.88 Å². The lowest BCUT2D eigenvalue weighted by Gasteiger charge is -2.23. The minimum atomic E-state index is -0.0890. The van der Waals surface area contributed by atoms with E-state index in [1.807, 2.05) is 13.2 Å². The maximum Gasteiger partial charge on any atom is 0.272 e. The number of nitrogen functional groups attached to an aromatic ring is 1. The van der Waals surface area contributed by atoms with E-state index >= 15 is 0 Å². The number of nitrogens with zero attached hydrogens (tertiary/aromatic N) is 2. The third-order valence-electron chi connectivity index (χ3n) is 2.39. The number of hydrogen-bond donors (Lipinski definition) is 1. The summed E-state index contributed by atoms with van der Waals surface area (Å²) in [6, 6.07) is 3.46. The molecule has 0 aliphatic carbocycles. The van der Waals surface area contributed by atoms with Crippen LogP contribution in [0.15, 0.2) is 18.3 Å². The second-order valence-electron chi connectivity index (χ2n) is 3.69. The first-order valence-electron chi connectivity index (χ1n) is 5.04. The number of pyridine rings is 1. The van der Waals surface area contributed by atoms with E-state index in [4.69, 9.17) is 5.73 Å². The normalized spacial score (nSPS) is 12.2. The van der Waals surface area contributed by atoms with Gasteiger partial charge in [0.2, 0.25) is 0 Å². The first-order valence-corrected chi connectivity index (χ1v) is 6.43. The molecule has 1 heterocycles. The van der Waals surface area contributed by atoms with Crippen LogP contribution in [0.1, 0.15) is 17.4 Å². The zero-order valence-corrected chi connectivity index (χ0v) is 10.6. The lowest BCUT2D eigenvalue weighted by atomic mass is 10.2. The van der Waals surface area contributed by atoms with Gasteiger partial charge in [-0.1, -0.05) is 0 Å². The minimum absolute atomic E-state index is 0.0890. The van der Waals surface area contributed by atoms with Crippen LogP contribution < -0.4 is 5.73 Å². The number of anilines is 1. The van der Waals surface area contributed by atoms with Crippen LogP contribution in [0.25, 0.3) is 0 Å². The Hall–Kier alpha value is -1.23. The maximum atomic E-state index is 12.0. The Balaban J connectivity index is 2.77. The molecule has 2 N–H and O–H groups in total. The standard InChI is InChI=1S/C11H17N3OS/c1-8(7-16-3)14(2)11(15)10-6-9(12)4-5-13-10/h4-6,8H,7H2,1-3H3,(H2,12,13). The molecule has 1 amide bonds. The van der Waals surface area contributed by atoms with Crippen molar-refractivity contribution in [2.24, 2.45) is 0 Å². The highest BCUT2D eigenvalue weighted by atomic mass is 32.2. The van der Waals surface area contributed by atoms with Gasteiger partial charge in [0.1, 0.15) is 5.69 Å². The highest BCUT2D eigenvalue weighted by molar-refractivity contribution is 7.98. The predicted molar refractivity (Wildman–Crippen MR) is 68.6 cm³/mol. The molecule has 5 heteroatoms. The van der Waals surface area contributed by atoms with E-state index < -0.39 is 0 Å². The van der Waals surface area contributed by atoms with E-state index in [9.17, 15) is 4.79 Å². The van der Waals surface area contributed by atoms with Gasteiger partial charge in [-0.2, -0.15) is 11.8 Å². The van der Waals surface area contributed by atoms with Crippen LogP contribution >= 0.6 is 11.8 Å². The fourth-order valence-electron chi connectivity index (χ4n) is 1.30. The van der Waals surface area contributed by atoms with E-state index in [0.29, 0.717) is 11.4 Å². The zero-order valence-electron chi connectivity index (χ0n) is 9.80. The molecule has 0 spiro atoms. The van der Waals surface area contributed by atoms with Gasteiger partial charge in [-0.15, -0.1) is 0 Å². The lowest BCUT2D eigenvalue weighted by molar-refractivity contribution is 0.0751. The molecule has 0 bridgehead atoms. The van der Waals surface area contributed by atoms with E-state index in [0.717, 1.165) is 5.75 Å². The van der Waals surface area contributed by atoms with Crippen molar-refractivity contribution in [1.29, 1.82) is 0 Å². The first kappa shape index (κ1) is 12.8. The molecule has 0 fully saturated rings. The molecule has 1 aromatic heterocycles. The lowest BCUT2D eigenvalue weighted by Crippen LogP contribution is -2.37. The van der Waals surface area contributed by atoms with Gasteiger partial charge in [0.15, 0.2) is 0 Å². The molecule has 16 heavy (non-hydrogen) atoms. The molecule has 0 aliphatic rings. The number of carbonyl (C=O) groups excluding carboxylic acids is 1. The van der Waals surface area contributed by atoms with Gasteiger partial charge in [-0.05, 0) is 25.3 Å². The Bertz CT molecular complexity index is 370. The molecule has 0 radical (unpaired) electrons. The van der Waals surface area contributed by atoms with E-state index in [2.05, 4.69) is 4.98 Å². The monoisotopic (exact) mass is 239 g/mol. The van der Waals surface area contributed by atoms with Gasteiger partial charge in [-0.25, -0.2) is 0 Å². The van der Waals surface area contributed by atoms with E-state index in [-0.39, 0.29) is 11.9 Å². The van der Waals surface area contributed by atoms with Crippen LogP contribution in [0, 0.1) is 0 Å². The number of amides is 1. The fourth-order valence-corrected chi connectivity index (χ4v) is 2.00. The van der Waals surface area contributed by atoms with Crippen molar-refractivity contribution in [3.8, 4) is 0 Å². The molecular weight excluding hydrogens is 222 g/mol. The van der Waals surface area contributed by atoms with Gasteiger partial charge in [0, 0.05) is 30.7 Å². The summed E-state index contributed by atoms with van der Waals surface area (Å²) in [6.45, 7) is 2.01. The second-order valence-corrected chi connectivity index (χ2v) is 4.61. The summed E-state index contributed by atoms with van der Waals surface area (Å²) in [7, 11) is 1.79. The Morgan fingerprint density at radius 1 is 1.69 bits per heavy atom. The summed E-state index contributed by atoms with van der Waals surface area (Å²) in [5.41, 5.74) is 6.57. The summed E-state index contributed by atoms with van der Waals surface area (Å²) < 4.78 is 0. The third-order valence-corrected chi connectivity index (χ3v) is 3.21. The van der Waals surface area contributed by atoms with Crippen LogP contribution in [0.3, 0.4) is 0 Å². The van der Waals surface area contributed by atoms with Gasteiger partial charge >= 0.3 is 0 Å². The molecule has 1 unspecified atom stereocenters. The highest BCUT2D eigenvalue weighted by Gasteiger charge is 2.18. The summed E-state index contributed by atoms with van der Waals surface area (Å²) in [5.74, 6) is 0.818. The number of rotatable bonds is 4. The zero-order chi connectivity index (χ0) is 12.1. The molecular formula is C11H17N3OS. The summed E-state index contributed by atoms with van der Waals surface area (Å²) in [5, 5.41) is 0. The maximum absolute atomic E-state index is 12.0. The number of nitrogens with two attached hydrogens (primary N) is 1. The molecule has 88 valence electrons. The van der Waals surface area contributed by atoms with Gasteiger partial charge in [0.25, 0.3) is 5.91 Å². The van der Waals surface area contributed by atoms with Crippen molar-refractivity contribution < 1.29 is 4.79 Å². The van der Waals surface area contributed by atoms with Crippen molar-refractivity contribution in [2.45, 2.75) is 13.0 Å². The molecule has 0 saturated carbocycles.